The molecular formula is C12H12N2OS. The number of amides is 1. The molecule has 1 aromatic heterocycles. The lowest BCUT2D eigenvalue weighted by atomic mass is 10.2. The highest BCUT2D eigenvalue weighted by Crippen LogP contribution is 2.18. The van der Waals surface area contributed by atoms with E-state index >= 15 is 0 Å². The number of hydrogen-bond donors (Lipinski definition) is 1. The van der Waals surface area contributed by atoms with Crippen LogP contribution in [0.4, 0.5) is 0 Å². The number of thiophene rings is 1. The SMILES string of the molecule is C=CCNC(=O)/C(C#N)=C\c1sccc1C. The first kappa shape index (κ1) is 12.2. The van der Waals surface area contributed by atoms with E-state index in [1.807, 2.05) is 24.4 Å². The van der Waals surface area contributed by atoms with Gasteiger partial charge < -0.3 is 5.32 Å². The van der Waals surface area contributed by atoms with Crippen molar-refractivity contribution in [1.82, 2.24) is 5.32 Å². The topological polar surface area (TPSA) is 52.9 Å². The van der Waals surface area contributed by atoms with Crippen molar-refractivity contribution in [2.24, 2.45) is 0 Å². The number of nitrogens with one attached hydrogen (secondary N) is 1. The summed E-state index contributed by atoms with van der Waals surface area (Å²) < 4.78 is 0. The van der Waals surface area contributed by atoms with Crippen molar-refractivity contribution in [2.45, 2.75) is 6.92 Å². The molecule has 0 aliphatic carbocycles. The van der Waals surface area contributed by atoms with Crippen LogP contribution in [0.2, 0.25) is 0 Å². The molecule has 1 aromatic rings. The van der Waals surface area contributed by atoms with Gasteiger partial charge in [0.15, 0.2) is 0 Å². The Morgan fingerprint density at radius 3 is 3.00 bits per heavy atom. The number of nitrogens with zero attached hydrogens (tertiary/aromatic N) is 1. The number of rotatable bonds is 4. The molecule has 0 fully saturated rings. The standard InChI is InChI=1S/C12H12N2OS/c1-3-5-14-12(15)10(8-13)7-11-9(2)4-6-16-11/h3-4,6-7H,1,5H2,2H3,(H,14,15)/b10-7-. The maximum absolute atomic E-state index is 11.5. The summed E-state index contributed by atoms with van der Waals surface area (Å²) in [5, 5.41) is 13.4. The Hall–Kier alpha value is -1.86. The molecule has 0 aromatic carbocycles. The molecular weight excluding hydrogens is 220 g/mol. The Bertz CT molecular complexity index is 466. The molecule has 0 unspecified atom stereocenters. The van der Waals surface area contributed by atoms with Gasteiger partial charge in [0.1, 0.15) is 11.6 Å². The molecule has 0 aliphatic rings. The summed E-state index contributed by atoms with van der Waals surface area (Å²) in [4.78, 5) is 12.5. The maximum atomic E-state index is 11.5. The predicted octanol–water partition coefficient (Wildman–Crippen LogP) is 2.27. The smallest absolute Gasteiger partial charge is 0.262 e. The van der Waals surface area contributed by atoms with Gasteiger partial charge in [-0.3, -0.25) is 4.79 Å². The third kappa shape index (κ3) is 3.07. The second kappa shape index (κ2) is 5.89. The first-order valence-corrected chi connectivity index (χ1v) is 5.62. The summed E-state index contributed by atoms with van der Waals surface area (Å²) >= 11 is 1.51. The van der Waals surface area contributed by atoms with Gasteiger partial charge in [0, 0.05) is 11.4 Å². The molecule has 1 amide bonds. The first-order chi connectivity index (χ1) is 7.69. The van der Waals surface area contributed by atoms with Gasteiger partial charge in [-0.05, 0) is 30.0 Å². The number of nitriles is 1. The number of aryl methyl sites for hydroxylation is 1. The predicted molar refractivity (Wildman–Crippen MR) is 65.9 cm³/mol. The fourth-order valence-electron chi connectivity index (χ4n) is 1.07. The second-order valence-corrected chi connectivity index (χ2v) is 4.08. The van der Waals surface area contributed by atoms with E-state index < -0.39 is 0 Å². The van der Waals surface area contributed by atoms with Gasteiger partial charge in [-0.15, -0.1) is 17.9 Å². The van der Waals surface area contributed by atoms with E-state index in [-0.39, 0.29) is 11.5 Å². The fourth-order valence-corrected chi connectivity index (χ4v) is 1.93. The highest BCUT2D eigenvalue weighted by molar-refractivity contribution is 7.11. The third-order valence-electron chi connectivity index (χ3n) is 1.95. The van der Waals surface area contributed by atoms with Crippen LogP contribution < -0.4 is 5.32 Å². The molecule has 1 rings (SSSR count). The molecule has 1 heterocycles. The highest BCUT2D eigenvalue weighted by atomic mass is 32.1. The lowest BCUT2D eigenvalue weighted by molar-refractivity contribution is -0.116. The summed E-state index contributed by atoms with van der Waals surface area (Å²) in [6.45, 7) is 5.80. The van der Waals surface area contributed by atoms with Crippen molar-refractivity contribution in [3.8, 4) is 6.07 Å². The van der Waals surface area contributed by atoms with Gasteiger partial charge >= 0.3 is 0 Å². The van der Waals surface area contributed by atoms with Crippen molar-refractivity contribution in [3.63, 3.8) is 0 Å². The minimum Gasteiger partial charge on any atom is -0.348 e. The van der Waals surface area contributed by atoms with E-state index in [1.54, 1.807) is 12.2 Å². The van der Waals surface area contributed by atoms with Gasteiger partial charge in [-0.25, -0.2) is 0 Å². The Labute approximate surface area is 98.7 Å². The normalized spacial score (nSPS) is 10.6. The van der Waals surface area contributed by atoms with Crippen molar-refractivity contribution in [1.29, 1.82) is 5.26 Å². The van der Waals surface area contributed by atoms with Crippen molar-refractivity contribution in [2.75, 3.05) is 6.54 Å². The van der Waals surface area contributed by atoms with Gasteiger partial charge in [0.2, 0.25) is 0 Å². The number of hydrogen-bond acceptors (Lipinski definition) is 3. The molecule has 0 saturated carbocycles. The molecule has 0 saturated heterocycles. The van der Waals surface area contributed by atoms with E-state index in [1.165, 1.54) is 11.3 Å². The monoisotopic (exact) mass is 232 g/mol. The molecule has 4 heteroatoms. The summed E-state index contributed by atoms with van der Waals surface area (Å²) in [5.74, 6) is -0.366. The van der Waals surface area contributed by atoms with Gasteiger partial charge in [0.05, 0.1) is 0 Å². The first-order valence-electron chi connectivity index (χ1n) is 4.74. The van der Waals surface area contributed by atoms with E-state index in [2.05, 4.69) is 11.9 Å². The number of carbonyl (C=O) groups excluding carboxylic acids is 1. The van der Waals surface area contributed by atoms with Crippen LogP contribution in [-0.4, -0.2) is 12.5 Å². The van der Waals surface area contributed by atoms with Gasteiger partial charge in [-0.2, -0.15) is 5.26 Å². The molecule has 3 nitrogen and oxygen atoms in total. The molecule has 1 N–H and O–H groups in total. The fraction of sp³-hybridized carbons (Fsp3) is 0.167. The lowest BCUT2D eigenvalue weighted by Crippen LogP contribution is -2.24. The zero-order chi connectivity index (χ0) is 12.0. The Morgan fingerprint density at radius 1 is 1.75 bits per heavy atom. The van der Waals surface area contributed by atoms with Crippen LogP contribution >= 0.6 is 11.3 Å². The zero-order valence-corrected chi connectivity index (χ0v) is 9.80. The summed E-state index contributed by atoms with van der Waals surface area (Å²) in [7, 11) is 0. The Morgan fingerprint density at radius 2 is 2.50 bits per heavy atom. The van der Waals surface area contributed by atoms with E-state index in [4.69, 9.17) is 5.26 Å². The average Bonchev–Trinajstić information content (AvgIpc) is 2.68. The van der Waals surface area contributed by atoms with Crippen LogP contribution in [0.5, 0.6) is 0 Å². The molecule has 0 spiro atoms. The lowest BCUT2D eigenvalue weighted by Gasteiger charge is -1.99. The van der Waals surface area contributed by atoms with Crippen LogP contribution in [0, 0.1) is 18.3 Å². The van der Waals surface area contributed by atoms with Crippen molar-refractivity contribution >= 4 is 23.3 Å². The average molecular weight is 232 g/mol. The highest BCUT2D eigenvalue weighted by Gasteiger charge is 2.08. The Kier molecular flexibility index (Phi) is 4.49. The van der Waals surface area contributed by atoms with Crippen LogP contribution in [0.15, 0.2) is 29.7 Å². The third-order valence-corrected chi connectivity index (χ3v) is 2.92. The van der Waals surface area contributed by atoms with Crippen LogP contribution in [-0.2, 0) is 4.79 Å². The van der Waals surface area contributed by atoms with E-state index in [0.29, 0.717) is 6.54 Å². The molecule has 0 bridgehead atoms. The Balaban J connectivity index is 2.87. The zero-order valence-electron chi connectivity index (χ0n) is 8.99. The van der Waals surface area contributed by atoms with Crippen molar-refractivity contribution in [3.05, 3.63) is 40.1 Å². The van der Waals surface area contributed by atoms with Gasteiger partial charge in [-0.1, -0.05) is 6.08 Å². The molecule has 16 heavy (non-hydrogen) atoms. The van der Waals surface area contributed by atoms with Crippen LogP contribution in [0.1, 0.15) is 10.4 Å². The minimum absolute atomic E-state index is 0.118. The largest absolute Gasteiger partial charge is 0.348 e. The quantitative estimate of drug-likeness (QED) is 0.492. The van der Waals surface area contributed by atoms with Crippen LogP contribution in [0.25, 0.3) is 6.08 Å². The van der Waals surface area contributed by atoms with Crippen molar-refractivity contribution < 1.29 is 4.79 Å². The van der Waals surface area contributed by atoms with Crippen LogP contribution in [0.3, 0.4) is 0 Å². The molecule has 0 atom stereocenters. The maximum Gasteiger partial charge on any atom is 0.262 e. The summed E-state index contributed by atoms with van der Waals surface area (Å²) in [6.07, 6.45) is 3.18. The van der Waals surface area contributed by atoms with E-state index in [0.717, 1.165) is 10.4 Å². The summed E-state index contributed by atoms with van der Waals surface area (Å²) in [6, 6.07) is 3.85. The van der Waals surface area contributed by atoms with E-state index in [9.17, 15) is 4.79 Å². The molecule has 82 valence electrons. The summed E-state index contributed by atoms with van der Waals surface area (Å²) in [5.41, 5.74) is 1.18. The number of carbonyl (C=O) groups is 1. The second-order valence-electron chi connectivity index (χ2n) is 3.14. The molecule has 0 aliphatic heterocycles. The minimum atomic E-state index is -0.366. The van der Waals surface area contributed by atoms with Gasteiger partial charge in [0.25, 0.3) is 5.91 Å². The molecule has 0 radical (unpaired) electrons.